The van der Waals surface area contributed by atoms with Crippen molar-refractivity contribution in [1.29, 1.82) is 0 Å². The van der Waals surface area contributed by atoms with Crippen molar-refractivity contribution in [2.45, 2.75) is 26.3 Å². The van der Waals surface area contributed by atoms with E-state index >= 15 is 0 Å². The van der Waals surface area contributed by atoms with E-state index in [1.165, 1.54) is 5.56 Å². The second-order valence-electron chi connectivity index (χ2n) is 3.19. The molecule has 0 heterocycles. The summed E-state index contributed by atoms with van der Waals surface area (Å²) in [6.45, 7) is 2.65. The lowest BCUT2D eigenvalue weighted by Gasteiger charge is -2.03. The van der Waals surface area contributed by atoms with Crippen molar-refractivity contribution in [1.82, 2.24) is 5.32 Å². The van der Waals surface area contributed by atoms with Gasteiger partial charge in [-0.3, -0.25) is 4.79 Å². The van der Waals surface area contributed by atoms with Gasteiger partial charge in [0.1, 0.15) is 0 Å². The van der Waals surface area contributed by atoms with Crippen molar-refractivity contribution < 1.29 is 4.79 Å². The monoisotopic (exact) mass is 211 g/mol. The maximum Gasteiger partial charge on any atom is 0.314 e. The first-order chi connectivity index (χ1) is 6.72. The number of rotatable bonds is 4. The van der Waals surface area contributed by atoms with Crippen molar-refractivity contribution >= 4 is 17.0 Å². The second-order valence-corrected chi connectivity index (χ2v) is 3.54. The van der Waals surface area contributed by atoms with E-state index in [4.69, 9.17) is 11.6 Å². The van der Waals surface area contributed by atoms with Gasteiger partial charge in [0.15, 0.2) is 0 Å². The highest BCUT2D eigenvalue weighted by Gasteiger charge is 1.96. The Bertz CT molecular complexity index is 295. The first-order valence-electron chi connectivity index (χ1n) is 4.73. The predicted molar refractivity (Wildman–Crippen MR) is 58.5 cm³/mol. The Hall–Kier alpha value is -1.02. The summed E-state index contributed by atoms with van der Waals surface area (Å²) >= 11 is 5.16. The minimum atomic E-state index is -0.511. The van der Waals surface area contributed by atoms with Crippen LogP contribution in [-0.2, 0) is 13.0 Å². The summed E-state index contributed by atoms with van der Waals surface area (Å²) in [4.78, 5) is 10.4. The van der Waals surface area contributed by atoms with E-state index in [9.17, 15) is 4.79 Å². The molecule has 0 radical (unpaired) electrons. The third-order valence-corrected chi connectivity index (χ3v) is 2.13. The fourth-order valence-electron chi connectivity index (χ4n) is 1.28. The molecule has 0 saturated heterocycles. The molecule has 0 aliphatic heterocycles. The fraction of sp³-hybridized carbons (Fsp3) is 0.364. The molecule has 0 aliphatic carbocycles. The number of aryl methyl sites for hydroxylation is 1. The van der Waals surface area contributed by atoms with Crippen molar-refractivity contribution in [2.75, 3.05) is 0 Å². The van der Waals surface area contributed by atoms with Crippen LogP contribution in [0.15, 0.2) is 24.3 Å². The van der Waals surface area contributed by atoms with E-state index in [1.807, 2.05) is 12.1 Å². The van der Waals surface area contributed by atoms with E-state index in [2.05, 4.69) is 24.4 Å². The molecule has 0 aromatic heterocycles. The van der Waals surface area contributed by atoms with Crippen LogP contribution in [0.5, 0.6) is 0 Å². The molecule has 1 aromatic rings. The van der Waals surface area contributed by atoms with Gasteiger partial charge < -0.3 is 5.32 Å². The third-order valence-electron chi connectivity index (χ3n) is 1.99. The first kappa shape index (κ1) is 11.1. The summed E-state index contributed by atoms with van der Waals surface area (Å²) < 4.78 is 0. The minimum absolute atomic E-state index is 0.495. The number of halogens is 1. The number of carbonyl (C=O) groups is 1. The van der Waals surface area contributed by atoms with E-state index in [-0.39, 0.29) is 0 Å². The zero-order valence-corrected chi connectivity index (χ0v) is 8.97. The van der Waals surface area contributed by atoms with E-state index in [0.29, 0.717) is 6.54 Å². The largest absolute Gasteiger partial charge is 0.339 e. The molecule has 76 valence electrons. The van der Waals surface area contributed by atoms with Crippen LogP contribution in [0.3, 0.4) is 0 Å². The number of carbonyl (C=O) groups excluding carboxylic acids is 1. The van der Waals surface area contributed by atoms with Crippen LogP contribution in [0.4, 0.5) is 4.79 Å². The fourth-order valence-corrected chi connectivity index (χ4v) is 1.35. The van der Waals surface area contributed by atoms with Crippen molar-refractivity contribution in [3.8, 4) is 0 Å². The maximum atomic E-state index is 10.4. The number of hydrogen-bond donors (Lipinski definition) is 1. The average molecular weight is 212 g/mol. The molecule has 0 bridgehead atoms. The van der Waals surface area contributed by atoms with E-state index in [0.717, 1.165) is 18.4 Å². The molecule has 2 nitrogen and oxygen atoms in total. The summed E-state index contributed by atoms with van der Waals surface area (Å²) in [7, 11) is 0. The van der Waals surface area contributed by atoms with Crippen LogP contribution in [0.2, 0.25) is 0 Å². The maximum absolute atomic E-state index is 10.4. The van der Waals surface area contributed by atoms with Crippen LogP contribution < -0.4 is 5.32 Å². The molecule has 1 rings (SSSR count). The highest BCUT2D eigenvalue weighted by molar-refractivity contribution is 6.62. The molecule has 0 atom stereocenters. The first-order valence-corrected chi connectivity index (χ1v) is 5.11. The SMILES string of the molecule is CCCc1ccc(CNC(=O)Cl)cc1. The molecule has 1 N–H and O–H groups in total. The number of hydrogen-bond acceptors (Lipinski definition) is 1. The van der Waals surface area contributed by atoms with Gasteiger partial charge in [-0.25, -0.2) is 0 Å². The molecule has 0 fully saturated rings. The Kier molecular flexibility index (Phi) is 4.47. The van der Waals surface area contributed by atoms with Gasteiger partial charge in [-0.1, -0.05) is 37.6 Å². The van der Waals surface area contributed by atoms with Crippen LogP contribution in [0, 0.1) is 0 Å². The standard InChI is InChI=1S/C11H14ClNO/c1-2-3-9-4-6-10(7-5-9)8-13-11(12)14/h4-7H,2-3,8H2,1H3,(H,13,14). The van der Waals surface area contributed by atoms with E-state index in [1.54, 1.807) is 0 Å². The molecular weight excluding hydrogens is 198 g/mol. The summed E-state index contributed by atoms with van der Waals surface area (Å²) in [6, 6.07) is 8.19. The summed E-state index contributed by atoms with van der Waals surface area (Å²) in [5, 5.41) is 2.03. The van der Waals surface area contributed by atoms with Gasteiger partial charge in [0, 0.05) is 6.54 Å². The Morgan fingerprint density at radius 3 is 2.36 bits per heavy atom. The van der Waals surface area contributed by atoms with Gasteiger partial charge in [-0.15, -0.1) is 0 Å². The second kappa shape index (κ2) is 5.66. The Morgan fingerprint density at radius 2 is 1.86 bits per heavy atom. The van der Waals surface area contributed by atoms with Gasteiger partial charge in [-0.2, -0.15) is 0 Å². The molecule has 0 saturated carbocycles. The Morgan fingerprint density at radius 1 is 1.29 bits per heavy atom. The van der Waals surface area contributed by atoms with Gasteiger partial charge >= 0.3 is 5.37 Å². The molecule has 0 unspecified atom stereocenters. The Balaban J connectivity index is 2.50. The summed E-state index contributed by atoms with van der Waals surface area (Å²) in [5.41, 5.74) is 2.40. The smallest absolute Gasteiger partial charge is 0.314 e. The van der Waals surface area contributed by atoms with Gasteiger partial charge in [0.05, 0.1) is 0 Å². The van der Waals surface area contributed by atoms with Crippen LogP contribution in [0.1, 0.15) is 24.5 Å². The van der Waals surface area contributed by atoms with E-state index < -0.39 is 5.37 Å². The van der Waals surface area contributed by atoms with Crippen LogP contribution >= 0.6 is 11.6 Å². The lowest BCUT2D eigenvalue weighted by atomic mass is 10.1. The highest BCUT2D eigenvalue weighted by atomic mass is 35.5. The van der Waals surface area contributed by atoms with Gasteiger partial charge in [-0.05, 0) is 29.1 Å². The highest BCUT2D eigenvalue weighted by Crippen LogP contribution is 2.06. The van der Waals surface area contributed by atoms with Crippen molar-refractivity contribution in [2.24, 2.45) is 0 Å². The molecule has 14 heavy (non-hydrogen) atoms. The topological polar surface area (TPSA) is 29.1 Å². The average Bonchev–Trinajstić information content (AvgIpc) is 2.17. The molecular formula is C11H14ClNO. The lowest BCUT2D eigenvalue weighted by Crippen LogP contribution is -2.15. The summed E-state index contributed by atoms with van der Waals surface area (Å²) in [5.74, 6) is 0. The van der Waals surface area contributed by atoms with Gasteiger partial charge in [0.25, 0.3) is 0 Å². The number of benzene rings is 1. The zero-order valence-electron chi connectivity index (χ0n) is 8.22. The third kappa shape index (κ3) is 3.79. The van der Waals surface area contributed by atoms with Gasteiger partial charge in [0.2, 0.25) is 0 Å². The van der Waals surface area contributed by atoms with Crippen molar-refractivity contribution in [3.63, 3.8) is 0 Å². The zero-order chi connectivity index (χ0) is 10.4. The molecule has 3 heteroatoms. The number of nitrogens with one attached hydrogen (secondary N) is 1. The molecule has 1 amide bonds. The van der Waals surface area contributed by atoms with Crippen LogP contribution in [0.25, 0.3) is 0 Å². The summed E-state index contributed by atoms with van der Waals surface area (Å²) in [6.07, 6.45) is 2.25. The normalized spacial score (nSPS) is 9.86. The Labute approximate surface area is 89.3 Å². The van der Waals surface area contributed by atoms with Crippen LogP contribution in [-0.4, -0.2) is 5.37 Å². The number of amides is 1. The quantitative estimate of drug-likeness (QED) is 0.602. The molecule has 0 spiro atoms. The lowest BCUT2D eigenvalue weighted by molar-refractivity contribution is 0.259. The predicted octanol–water partition coefficient (Wildman–Crippen LogP) is 3.09. The minimum Gasteiger partial charge on any atom is -0.339 e. The molecule has 0 aliphatic rings. The molecule has 1 aromatic carbocycles. The van der Waals surface area contributed by atoms with Crippen molar-refractivity contribution in [3.05, 3.63) is 35.4 Å².